The van der Waals surface area contributed by atoms with E-state index in [4.69, 9.17) is 14.2 Å². The van der Waals surface area contributed by atoms with E-state index in [0.717, 1.165) is 21.6 Å². The number of hydrogen-bond acceptors (Lipinski definition) is 6. The lowest BCUT2D eigenvalue weighted by molar-refractivity contribution is 0.0698. The molecule has 0 unspecified atom stereocenters. The van der Waals surface area contributed by atoms with Crippen LogP contribution in [-0.2, 0) is 6.61 Å². The fourth-order valence-electron chi connectivity index (χ4n) is 2.32. The molecule has 0 aliphatic carbocycles. The first-order valence-electron chi connectivity index (χ1n) is 7.07. The van der Waals surface area contributed by atoms with Crippen LogP contribution in [0.25, 0.3) is 10.1 Å². The highest BCUT2D eigenvalue weighted by molar-refractivity contribution is 7.21. The third-order valence-electron chi connectivity index (χ3n) is 3.45. The second-order valence-electron chi connectivity index (χ2n) is 4.92. The smallest absolute Gasteiger partial charge is 0.349 e. The molecule has 0 radical (unpaired) electrons. The van der Waals surface area contributed by atoms with Crippen molar-refractivity contribution in [2.45, 2.75) is 6.61 Å². The number of hydrogen-bond donors (Lipinski definition) is 1. The first kappa shape index (κ1) is 16.1. The molecule has 6 nitrogen and oxygen atoms in total. The Kier molecular flexibility index (Phi) is 4.52. The van der Waals surface area contributed by atoms with E-state index in [2.05, 4.69) is 4.98 Å². The Morgan fingerprint density at radius 1 is 1.25 bits per heavy atom. The van der Waals surface area contributed by atoms with E-state index in [1.807, 2.05) is 6.07 Å². The van der Waals surface area contributed by atoms with Gasteiger partial charge in [0.05, 0.1) is 14.2 Å². The molecule has 0 fully saturated rings. The first-order valence-corrected chi connectivity index (χ1v) is 7.89. The van der Waals surface area contributed by atoms with Gasteiger partial charge < -0.3 is 19.3 Å². The molecular formula is C17H15NO5S. The Labute approximate surface area is 142 Å². The number of pyridine rings is 1. The van der Waals surface area contributed by atoms with Gasteiger partial charge in [-0.1, -0.05) is 6.07 Å². The summed E-state index contributed by atoms with van der Waals surface area (Å²) in [6, 6.07) is 7.15. The number of thiophene rings is 1. The van der Waals surface area contributed by atoms with Gasteiger partial charge in [-0.2, -0.15) is 0 Å². The van der Waals surface area contributed by atoms with Crippen molar-refractivity contribution < 1.29 is 24.1 Å². The van der Waals surface area contributed by atoms with Gasteiger partial charge >= 0.3 is 5.97 Å². The van der Waals surface area contributed by atoms with Crippen LogP contribution in [0, 0.1) is 0 Å². The summed E-state index contributed by atoms with van der Waals surface area (Å²) in [6.45, 7) is 0.230. The monoisotopic (exact) mass is 345 g/mol. The molecule has 3 aromatic rings. The highest BCUT2D eigenvalue weighted by atomic mass is 32.1. The zero-order chi connectivity index (χ0) is 17.1. The summed E-state index contributed by atoms with van der Waals surface area (Å²) >= 11 is 1.14. The molecule has 124 valence electrons. The van der Waals surface area contributed by atoms with Crippen molar-refractivity contribution in [1.29, 1.82) is 0 Å². The zero-order valence-electron chi connectivity index (χ0n) is 13.1. The SMILES string of the molecule is COc1cc2sc(C(=O)O)c(OCc3cccnc3)c2cc1OC. The van der Waals surface area contributed by atoms with Crippen molar-refractivity contribution in [3.8, 4) is 17.2 Å². The van der Waals surface area contributed by atoms with Gasteiger partial charge in [0.2, 0.25) is 0 Å². The Balaban J connectivity index is 2.06. The number of nitrogens with zero attached hydrogens (tertiary/aromatic N) is 1. The van der Waals surface area contributed by atoms with Crippen LogP contribution in [0.15, 0.2) is 36.7 Å². The summed E-state index contributed by atoms with van der Waals surface area (Å²) in [5.74, 6) is 0.357. The van der Waals surface area contributed by atoms with Gasteiger partial charge in [-0.3, -0.25) is 4.98 Å². The maximum atomic E-state index is 11.6. The second kappa shape index (κ2) is 6.76. The molecule has 0 saturated heterocycles. The van der Waals surface area contributed by atoms with Crippen LogP contribution in [0.4, 0.5) is 0 Å². The van der Waals surface area contributed by atoms with Gasteiger partial charge in [0.25, 0.3) is 0 Å². The third kappa shape index (κ3) is 2.98. The van der Waals surface area contributed by atoms with E-state index in [-0.39, 0.29) is 11.5 Å². The van der Waals surface area contributed by atoms with Crippen LogP contribution in [-0.4, -0.2) is 30.3 Å². The summed E-state index contributed by atoms with van der Waals surface area (Å²) < 4.78 is 17.1. The van der Waals surface area contributed by atoms with E-state index < -0.39 is 5.97 Å². The minimum atomic E-state index is -1.03. The van der Waals surface area contributed by atoms with Crippen LogP contribution < -0.4 is 14.2 Å². The van der Waals surface area contributed by atoms with Crippen molar-refractivity contribution in [2.24, 2.45) is 0 Å². The summed E-state index contributed by atoms with van der Waals surface area (Å²) in [5.41, 5.74) is 0.855. The largest absolute Gasteiger partial charge is 0.493 e. The summed E-state index contributed by atoms with van der Waals surface area (Å²) in [5, 5.41) is 10.2. The minimum absolute atomic E-state index is 0.143. The van der Waals surface area contributed by atoms with E-state index in [0.29, 0.717) is 22.6 Å². The number of ether oxygens (including phenoxy) is 3. The molecular weight excluding hydrogens is 330 g/mol. The van der Waals surface area contributed by atoms with Crippen molar-refractivity contribution in [3.63, 3.8) is 0 Å². The van der Waals surface area contributed by atoms with E-state index >= 15 is 0 Å². The topological polar surface area (TPSA) is 77.9 Å². The number of rotatable bonds is 6. The maximum absolute atomic E-state index is 11.6. The van der Waals surface area contributed by atoms with Gasteiger partial charge in [0, 0.05) is 34.1 Å². The van der Waals surface area contributed by atoms with E-state index in [1.165, 1.54) is 14.2 Å². The van der Waals surface area contributed by atoms with Crippen LogP contribution in [0.3, 0.4) is 0 Å². The number of carboxylic acid groups (broad SMARTS) is 1. The zero-order valence-corrected chi connectivity index (χ0v) is 13.9. The van der Waals surface area contributed by atoms with Gasteiger partial charge in [-0.25, -0.2) is 4.79 Å². The Hall–Kier alpha value is -2.80. The van der Waals surface area contributed by atoms with E-state index in [1.54, 1.807) is 30.6 Å². The quantitative estimate of drug-likeness (QED) is 0.735. The van der Waals surface area contributed by atoms with Crippen molar-refractivity contribution in [2.75, 3.05) is 14.2 Å². The molecule has 0 saturated carbocycles. The predicted molar refractivity (Wildman–Crippen MR) is 90.5 cm³/mol. The molecule has 0 bridgehead atoms. The molecule has 0 spiro atoms. The lowest BCUT2D eigenvalue weighted by Gasteiger charge is -2.09. The molecule has 1 N–H and O–H groups in total. The summed E-state index contributed by atoms with van der Waals surface area (Å²) in [7, 11) is 3.07. The van der Waals surface area contributed by atoms with E-state index in [9.17, 15) is 9.90 Å². The average Bonchev–Trinajstić information content (AvgIpc) is 2.97. The van der Waals surface area contributed by atoms with Gasteiger partial charge in [0.15, 0.2) is 22.1 Å². The molecule has 2 heterocycles. The highest BCUT2D eigenvalue weighted by Crippen LogP contribution is 2.43. The number of carbonyl (C=O) groups is 1. The minimum Gasteiger partial charge on any atom is -0.493 e. The average molecular weight is 345 g/mol. The van der Waals surface area contributed by atoms with Crippen molar-refractivity contribution in [3.05, 3.63) is 47.1 Å². The Bertz CT molecular complexity index is 876. The van der Waals surface area contributed by atoms with Crippen LogP contribution in [0.2, 0.25) is 0 Å². The fourth-order valence-corrected chi connectivity index (χ4v) is 3.32. The number of aromatic nitrogens is 1. The van der Waals surface area contributed by atoms with Crippen LogP contribution in [0.5, 0.6) is 17.2 Å². The molecule has 7 heteroatoms. The maximum Gasteiger partial charge on any atom is 0.349 e. The van der Waals surface area contributed by atoms with Crippen molar-refractivity contribution in [1.82, 2.24) is 4.98 Å². The fraction of sp³-hybridized carbons (Fsp3) is 0.176. The first-order chi connectivity index (χ1) is 11.6. The number of fused-ring (bicyclic) bond motifs is 1. The number of aromatic carboxylic acids is 1. The van der Waals surface area contributed by atoms with Crippen LogP contribution in [0.1, 0.15) is 15.2 Å². The lowest BCUT2D eigenvalue weighted by atomic mass is 10.2. The van der Waals surface area contributed by atoms with Gasteiger partial charge in [-0.05, 0) is 12.1 Å². The second-order valence-corrected chi connectivity index (χ2v) is 5.97. The molecule has 1 aromatic carbocycles. The summed E-state index contributed by atoms with van der Waals surface area (Å²) in [6.07, 6.45) is 3.35. The predicted octanol–water partition coefficient (Wildman–Crippen LogP) is 3.59. The molecule has 24 heavy (non-hydrogen) atoms. The van der Waals surface area contributed by atoms with Crippen LogP contribution >= 0.6 is 11.3 Å². The van der Waals surface area contributed by atoms with Crippen molar-refractivity contribution >= 4 is 27.4 Å². The Morgan fingerprint density at radius 2 is 2.00 bits per heavy atom. The van der Waals surface area contributed by atoms with Gasteiger partial charge in [0.1, 0.15) is 6.61 Å². The molecule has 0 aliphatic rings. The van der Waals surface area contributed by atoms with Gasteiger partial charge in [-0.15, -0.1) is 11.3 Å². The Morgan fingerprint density at radius 3 is 2.62 bits per heavy atom. The summed E-state index contributed by atoms with van der Waals surface area (Å²) in [4.78, 5) is 15.7. The third-order valence-corrected chi connectivity index (χ3v) is 4.57. The molecule has 2 aromatic heterocycles. The number of benzene rings is 1. The molecule has 3 rings (SSSR count). The molecule has 0 atom stereocenters. The molecule has 0 aliphatic heterocycles. The molecule has 0 amide bonds. The standard InChI is InChI=1S/C17H15NO5S/c1-21-12-6-11-14(7-13(12)22-2)24-16(17(19)20)15(11)23-9-10-4-3-5-18-8-10/h3-8H,9H2,1-2H3,(H,19,20). The normalized spacial score (nSPS) is 10.6. The highest BCUT2D eigenvalue weighted by Gasteiger charge is 2.21. The lowest BCUT2D eigenvalue weighted by Crippen LogP contribution is -2.00. The number of methoxy groups -OCH3 is 2. The number of carboxylic acids is 1.